The topological polar surface area (TPSA) is 61.8 Å². The number of aromatic nitrogens is 2. The Hall–Kier alpha value is -2.81. The largest absolute Gasteiger partial charge is 0.378 e. The number of morpholine rings is 1. The van der Waals surface area contributed by atoms with Crippen LogP contribution in [-0.4, -0.2) is 67.7 Å². The number of hydrogen-bond donors (Lipinski definition) is 0. The van der Waals surface area contributed by atoms with Crippen molar-refractivity contribution in [3.8, 4) is 0 Å². The SMILES string of the molecule is CN(C)c1nc(N2CCOCC2)nc2c1CN(C(=O)c1c(F)cccc1F)CC2. The van der Waals surface area contributed by atoms with E-state index in [1.54, 1.807) is 0 Å². The highest BCUT2D eigenvalue weighted by Gasteiger charge is 2.30. The Morgan fingerprint density at radius 1 is 1.10 bits per heavy atom. The predicted octanol–water partition coefficient (Wildman–Crippen LogP) is 1.86. The number of nitrogens with zero attached hydrogens (tertiary/aromatic N) is 5. The Kier molecular flexibility index (Phi) is 5.31. The minimum atomic E-state index is -0.854. The van der Waals surface area contributed by atoms with Crippen LogP contribution in [0.4, 0.5) is 20.5 Å². The maximum absolute atomic E-state index is 14.1. The lowest BCUT2D eigenvalue weighted by Gasteiger charge is -2.33. The van der Waals surface area contributed by atoms with Gasteiger partial charge in [-0.15, -0.1) is 0 Å². The summed E-state index contributed by atoms with van der Waals surface area (Å²) in [5.41, 5.74) is 1.15. The molecule has 0 N–H and O–H groups in total. The Morgan fingerprint density at radius 2 is 1.79 bits per heavy atom. The number of rotatable bonds is 3. The smallest absolute Gasteiger partial charge is 0.260 e. The molecule has 0 atom stereocenters. The second kappa shape index (κ2) is 7.90. The molecule has 0 bridgehead atoms. The van der Waals surface area contributed by atoms with Crippen LogP contribution in [-0.2, 0) is 17.7 Å². The first kappa shape index (κ1) is 19.5. The highest BCUT2D eigenvalue weighted by molar-refractivity contribution is 5.95. The quantitative estimate of drug-likeness (QED) is 0.780. The molecule has 0 radical (unpaired) electrons. The van der Waals surface area contributed by atoms with Crippen LogP contribution in [0.2, 0.25) is 0 Å². The molecule has 0 spiro atoms. The summed E-state index contributed by atoms with van der Waals surface area (Å²) in [5.74, 6) is -1.01. The maximum atomic E-state index is 14.1. The Labute approximate surface area is 167 Å². The van der Waals surface area contributed by atoms with Crippen LogP contribution in [0.1, 0.15) is 21.6 Å². The van der Waals surface area contributed by atoms with Gasteiger partial charge in [0.2, 0.25) is 5.95 Å². The lowest BCUT2D eigenvalue weighted by molar-refractivity contribution is 0.0723. The number of carbonyl (C=O) groups excluding carboxylic acids is 1. The monoisotopic (exact) mass is 403 g/mol. The van der Waals surface area contributed by atoms with E-state index in [0.717, 1.165) is 36.5 Å². The van der Waals surface area contributed by atoms with E-state index in [0.29, 0.717) is 37.9 Å². The summed E-state index contributed by atoms with van der Waals surface area (Å²) in [6.45, 7) is 3.26. The first-order valence-corrected chi connectivity index (χ1v) is 9.59. The highest BCUT2D eigenvalue weighted by Crippen LogP contribution is 2.29. The zero-order valence-corrected chi connectivity index (χ0v) is 16.5. The van der Waals surface area contributed by atoms with Crippen molar-refractivity contribution in [1.29, 1.82) is 0 Å². The Balaban J connectivity index is 1.66. The number of amides is 1. The third kappa shape index (κ3) is 3.74. The number of anilines is 2. The molecule has 29 heavy (non-hydrogen) atoms. The molecule has 9 heteroatoms. The molecule has 1 aromatic carbocycles. The summed E-state index contributed by atoms with van der Waals surface area (Å²) in [5, 5.41) is 0. The molecule has 3 heterocycles. The van der Waals surface area contributed by atoms with E-state index < -0.39 is 23.1 Å². The molecule has 1 saturated heterocycles. The van der Waals surface area contributed by atoms with E-state index in [9.17, 15) is 13.6 Å². The summed E-state index contributed by atoms with van der Waals surface area (Å²) in [6.07, 6.45) is 0.498. The average Bonchev–Trinajstić information content (AvgIpc) is 2.72. The van der Waals surface area contributed by atoms with Gasteiger partial charge in [0.05, 0.1) is 25.5 Å². The van der Waals surface area contributed by atoms with Crippen molar-refractivity contribution in [2.75, 3.05) is 56.7 Å². The highest BCUT2D eigenvalue weighted by atomic mass is 19.1. The van der Waals surface area contributed by atoms with E-state index in [-0.39, 0.29) is 6.54 Å². The summed E-state index contributed by atoms with van der Waals surface area (Å²) in [7, 11) is 3.76. The molecule has 154 valence electrons. The molecular weight excluding hydrogens is 380 g/mol. The standard InChI is InChI=1S/C20H23F2N5O2/c1-25(2)18-13-12-27(19(28)17-14(21)4-3-5-15(17)22)7-6-16(13)23-20(24-18)26-8-10-29-11-9-26/h3-5H,6-12H2,1-2H3. The van der Waals surface area contributed by atoms with Crippen LogP contribution in [0.3, 0.4) is 0 Å². The lowest BCUT2D eigenvalue weighted by atomic mass is 10.0. The summed E-state index contributed by atoms with van der Waals surface area (Å²) in [4.78, 5) is 27.7. The number of hydrogen-bond acceptors (Lipinski definition) is 6. The zero-order valence-electron chi connectivity index (χ0n) is 16.5. The molecule has 7 nitrogen and oxygen atoms in total. The summed E-state index contributed by atoms with van der Waals surface area (Å²) >= 11 is 0. The minimum Gasteiger partial charge on any atom is -0.378 e. The van der Waals surface area contributed by atoms with Gasteiger partial charge in [-0.3, -0.25) is 4.79 Å². The van der Waals surface area contributed by atoms with Gasteiger partial charge in [0.15, 0.2) is 0 Å². The van der Waals surface area contributed by atoms with Gasteiger partial charge < -0.3 is 19.4 Å². The molecule has 1 aromatic heterocycles. The van der Waals surface area contributed by atoms with Crippen molar-refractivity contribution in [3.63, 3.8) is 0 Å². The van der Waals surface area contributed by atoms with Crippen LogP contribution in [0.15, 0.2) is 18.2 Å². The summed E-state index contributed by atoms with van der Waals surface area (Å²) < 4.78 is 33.6. The van der Waals surface area contributed by atoms with Crippen molar-refractivity contribution in [1.82, 2.24) is 14.9 Å². The summed E-state index contributed by atoms with van der Waals surface area (Å²) in [6, 6.07) is 3.44. The van der Waals surface area contributed by atoms with Crippen molar-refractivity contribution < 1.29 is 18.3 Å². The molecular formula is C20H23F2N5O2. The van der Waals surface area contributed by atoms with Gasteiger partial charge in [-0.2, -0.15) is 4.98 Å². The first-order valence-electron chi connectivity index (χ1n) is 9.59. The molecule has 4 rings (SSSR count). The fraction of sp³-hybridized carbons (Fsp3) is 0.450. The van der Waals surface area contributed by atoms with Crippen molar-refractivity contribution in [3.05, 3.63) is 46.7 Å². The van der Waals surface area contributed by atoms with Crippen LogP contribution in [0, 0.1) is 11.6 Å². The molecule has 2 aliphatic rings. The number of benzene rings is 1. The van der Waals surface area contributed by atoms with E-state index in [1.165, 1.54) is 11.0 Å². The van der Waals surface area contributed by atoms with Gasteiger partial charge in [-0.1, -0.05) is 6.07 Å². The van der Waals surface area contributed by atoms with Crippen LogP contribution < -0.4 is 9.80 Å². The van der Waals surface area contributed by atoms with Gasteiger partial charge in [-0.25, -0.2) is 13.8 Å². The third-order valence-electron chi connectivity index (χ3n) is 5.21. The molecule has 1 amide bonds. The number of carbonyl (C=O) groups is 1. The molecule has 2 aromatic rings. The number of ether oxygens (including phenoxy) is 1. The molecule has 2 aliphatic heterocycles. The van der Waals surface area contributed by atoms with Gasteiger partial charge in [0.1, 0.15) is 23.0 Å². The van der Waals surface area contributed by atoms with Crippen molar-refractivity contribution >= 4 is 17.7 Å². The van der Waals surface area contributed by atoms with Crippen LogP contribution >= 0.6 is 0 Å². The second-order valence-electron chi connectivity index (χ2n) is 7.34. The van der Waals surface area contributed by atoms with Gasteiger partial charge >= 0.3 is 0 Å². The third-order valence-corrected chi connectivity index (χ3v) is 5.21. The fourth-order valence-electron chi connectivity index (χ4n) is 3.69. The van der Waals surface area contributed by atoms with Crippen LogP contribution in [0.25, 0.3) is 0 Å². The zero-order chi connectivity index (χ0) is 20.5. The molecule has 0 saturated carbocycles. The molecule has 1 fully saturated rings. The number of halogens is 2. The second-order valence-corrected chi connectivity index (χ2v) is 7.34. The molecule has 0 aliphatic carbocycles. The predicted molar refractivity (Wildman–Crippen MR) is 104 cm³/mol. The van der Waals surface area contributed by atoms with Crippen molar-refractivity contribution in [2.24, 2.45) is 0 Å². The Bertz CT molecular complexity index is 911. The normalized spacial score (nSPS) is 16.6. The number of fused-ring (bicyclic) bond motifs is 1. The van der Waals surface area contributed by atoms with Crippen LogP contribution in [0.5, 0.6) is 0 Å². The van der Waals surface area contributed by atoms with E-state index in [2.05, 4.69) is 4.90 Å². The minimum absolute atomic E-state index is 0.207. The maximum Gasteiger partial charge on any atom is 0.260 e. The molecule has 0 unspecified atom stereocenters. The van der Waals surface area contributed by atoms with Gasteiger partial charge in [0, 0.05) is 45.7 Å². The van der Waals surface area contributed by atoms with Gasteiger partial charge in [0.25, 0.3) is 5.91 Å². The van der Waals surface area contributed by atoms with Gasteiger partial charge in [-0.05, 0) is 12.1 Å². The Morgan fingerprint density at radius 3 is 2.45 bits per heavy atom. The van der Waals surface area contributed by atoms with E-state index in [1.807, 2.05) is 19.0 Å². The first-order chi connectivity index (χ1) is 14.0. The fourth-order valence-corrected chi connectivity index (χ4v) is 3.69. The van der Waals surface area contributed by atoms with E-state index in [4.69, 9.17) is 14.7 Å². The van der Waals surface area contributed by atoms with E-state index >= 15 is 0 Å². The lowest BCUT2D eigenvalue weighted by Crippen LogP contribution is -2.40. The van der Waals surface area contributed by atoms with Crippen molar-refractivity contribution in [2.45, 2.75) is 13.0 Å². The average molecular weight is 403 g/mol.